The van der Waals surface area contributed by atoms with Crippen molar-refractivity contribution >= 4 is 45.6 Å². The number of para-hydroxylation sites is 2. The minimum atomic E-state index is -1.29. The number of aromatic amines is 2. The highest BCUT2D eigenvalue weighted by Gasteiger charge is 2.40. The van der Waals surface area contributed by atoms with E-state index in [2.05, 4.69) is 15.3 Å². The number of fused-ring (bicyclic) bond motifs is 2. The monoisotopic (exact) mass is 532 g/mol. The number of hydrogen-bond acceptors (Lipinski definition) is 6. The smallest absolute Gasteiger partial charge is 0.311 e. The fourth-order valence-corrected chi connectivity index (χ4v) is 4.40. The number of carbonyl (C=O) groups is 4. The standard InChI is InChI=1S/C29H32N4O6/c1-29(2,17-38-25(35)13-18-15-32-22-9-5-3-7-20(18)22)27(28(37)31-12-11-24(30)34)39-26(36)14-19-16-33-23-10-6-4-8-21(19)23/h3-10,15-16,27,32-33H,11-14,17H2,1-2H3,(H2,30,34)(H,31,37)/t27-/m0/s1. The van der Waals surface area contributed by atoms with Crippen LogP contribution in [0.4, 0.5) is 0 Å². The molecule has 204 valence electrons. The van der Waals surface area contributed by atoms with Gasteiger partial charge in [0.15, 0.2) is 6.10 Å². The van der Waals surface area contributed by atoms with Crippen LogP contribution in [-0.2, 0) is 41.5 Å². The number of nitrogens with one attached hydrogen (secondary N) is 3. The maximum absolute atomic E-state index is 13.1. The van der Waals surface area contributed by atoms with Crippen LogP contribution in [0.15, 0.2) is 60.9 Å². The molecule has 0 radical (unpaired) electrons. The molecule has 1 atom stereocenters. The summed E-state index contributed by atoms with van der Waals surface area (Å²) in [7, 11) is 0. The van der Waals surface area contributed by atoms with Crippen molar-refractivity contribution in [2.45, 2.75) is 39.2 Å². The molecule has 0 aliphatic rings. The summed E-state index contributed by atoms with van der Waals surface area (Å²) < 4.78 is 11.2. The first-order valence-corrected chi connectivity index (χ1v) is 12.6. The fraction of sp³-hybridized carbons (Fsp3) is 0.310. The molecule has 2 aromatic carbocycles. The fourth-order valence-electron chi connectivity index (χ4n) is 4.40. The molecule has 2 aromatic heterocycles. The highest BCUT2D eigenvalue weighted by Crippen LogP contribution is 2.27. The maximum atomic E-state index is 13.1. The quantitative estimate of drug-likeness (QED) is 0.206. The van der Waals surface area contributed by atoms with Crippen molar-refractivity contribution in [1.29, 1.82) is 0 Å². The second-order valence-electron chi connectivity index (χ2n) is 10.1. The molecular weight excluding hydrogens is 500 g/mol. The van der Waals surface area contributed by atoms with Crippen LogP contribution >= 0.6 is 0 Å². The molecule has 2 amide bonds. The Balaban J connectivity index is 1.43. The van der Waals surface area contributed by atoms with Crippen molar-refractivity contribution in [3.63, 3.8) is 0 Å². The summed E-state index contributed by atoms with van der Waals surface area (Å²) in [6, 6.07) is 15.2. The van der Waals surface area contributed by atoms with Crippen LogP contribution < -0.4 is 11.1 Å². The van der Waals surface area contributed by atoms with E-state index in [0.29, 0.717) is 0 Å². The van der Waals surface area contributed by atoms with Crippen LogP contribution in [0.3, 0.4) is 0 Å². The molecule has 0 aliphatic heterocycles. The van der Waals surface area contributed by atoms with Crippen molar-refractivity contribution < 1.29 is 28.7 Å². The van der Waals surface area contributed by atoms with Gasteiger partial charge < -0.3 is 30.5 Å². The number of hydrogen-bond donors (Lipinski definition) is 4. The van der Waals surface area contributed by atoms with E-state index in [0.717, 1.165) is 32.9 Å². The summed E-state index contributed by atoms with van der Waals surface area (Å²) in [6.07, 6.45) is 2.11. The van der Waals surface area contributed by atoms with E-state index in [-0.39, 0.29) is 32.4 Å². The third-order valence-corrected chi connectivity index (χ3v) is 6.49. The van der Waals surface area contributed by atoms with Crippen LogP contribution in [0.2, 0.25) is 0 Å². The molecule has 0 spiro atoms. The van der Waals surface area contributed by atoms with E-state index < -0.39 is 35.3 Å². The summed E-state index contributed by atoms with van der Waals surface area (Å²) in [5.41, 5.74) is 7.40. The topological polar surface area (TPSA) is 156 Å². The maximum Gasteiger partial charge on any atom is 0.311 e. The van der Waals surface area contributed by atoms with Gasteiger partial charge in [0.2, 0.25) is 5.91 Å². The highest BCUT2D eigenvalue weighted by atomic mass is 16.6. The summed E-state index contributed by atoms with van der Waals surface area (Å²) in [4.78, 5) is 56.1. The number of esters is 2. The van der Waals surface area contributed by atoms with Crippen molar-refractivity contribution in [1.82, 2.24) is 15.3 Å². The van der Waals surface area contributed by atoms with E-state index >= 15 is 0 Å². The number of aromatic nitrogens is 2. The predicted octanol–water partition coefficient (Wildman–Crippen LogP) is 2.91. The Morgan fingerprint density at radius 2 is 1.41 bits per heavy atom. The zero-order valence-electron chi connectivity index (χ0n) is 21.9. The number of amides is 2. The van der Waals surface area contributed by atoms with Gasteiger partial charge in [0, 0.05) is 52.6 Å². The Labute approximate surface area is 225 Å². The second-order valence-corrected chi connectivity index (χ2v) is 10.1. The minimum Gasteiger partial charge on any atom is -0.465 e. The van der Waals surface area contributed by atoms with Gasteiger partial charge in [-0.05, 0) is 23.3 Å². The van der Waals surface area contributed by atoms with Crippen molar-refractivity contribution in [3.05, 3.63) is 72.1 Å². The van der Waals surface area contributed by atoms with Crippen LogP contribution in [0.25, 0.3) is 21.8 Å². The molecule has 10 heteroatoms. The summed E-state index contributed by atoms with van der Waals surface area (Å²) in [6.45, 7) is 3.15. The summed E-state index contributed by atoms with van der Waals surface area (Å²) in [5, 5.41) is 4.39. The molecule has 39 heavy (non-hydrogen) atoms. The molecule has 10 nitrogen and oxygen atoms in total. The normalized spacial score (nSPS) is 12.3. The molecule has 0 unspecified atom stereocenters. The molecule has 0 bridgehead atoms. The van der Waals surface area contributed by atoms with Gasteiger partial charge in [0.25, 0.3) is 5.91 Å². The van der Waals surface area contributed by atoms with Crippen molar-refractivity contribution in [2.75, 3.05) is 13.2 Å². The molecule has 0 aliphatic carbocycles. The SMILES string of the molecule is CC(C)(COC(=O)Cc1c[nH]c2ccccc12)[C@@H](OC(=O)Cc1c[nH]c2ccccc12)C(=O)NCCC(N)=O. The van der Waals surface area contributed by atoms with Gasteiger partial charge in [0.1, 0.15) is 6.61 Å². The molecular formula is C29H32N4O6. The lowest BCUT2D eigenvalue weighted by Crippen LogP contribution is -2.49. The van der Waals surface area contributed by atoms with E-state index in [1.54, 1.807) is 26.2 Å². The number of ether oxygens (including phenoxy) is 2. The largest absolute Gasteiger partial charge is 0.465 e. The Morgan fingerprint density at radius 1 is 0.872 bits per heavy atom. The predicted molar refractivity (Wildman–Crippen MR) is 145 cm³/mol. The van der Waals surface area contributed by atoms with Crippen molar-refractivity contribution in [2.24, 2.45) is 11.1 Å². The van der Waals surface area contributed by atoms with Crippen LogP contribution in [0.5, 0.6) is 0 Å². The number of rotatable bonds is 12. The van der Waals surface area contributed by atoms with Crippen molar-refractivity contribution in [3.8, 4) is 0 Å². The molecule has 0 fully saturated rings. The van der Waals surface area contributed by atoms with Gasteiger partial charge >= 0.3 is 11.9 Å². The van der Waals surface area contributed by atoms with Crippen LogP contribution in [-0.4, -0.2) is 53.0 Å². The molecule has 0 saturated heterocycles. The van der Waals surface area contributed by atoms with Gasteiger partial charge in [-0.15, -0.1) is 0 Å². The van der Waals surface area contributed by atoms with Crippen LogP contribution in [0, 0.1) is 5.41 Å². The third kappa shape index (κ3) is 6.84. The number of primary amides is 1. The lowest BCUT2D eigenvalue weighted by molar-refractivity contribution is -0.168. The number of H-pyrrole nitrogens is 2. The molecule has 5 N–H and O–H groups in total. The van der Waals surface area contributed by atoms with Crippen LogP contribution in [0.1, 0.15) is 31.4 Å². The van der Waals surface area contributed by atoms with E-state index in [9.17, 15) is 19.2 Å². The molecule has 4 rings (SSSR count). The molecule has 2 heterocycles. The van der Waals surface area contributed by atoms with Gasteiger partial charge in [-0.2, -0.15) is 0 Å². The summed E-state index contributed by atoms with van der Waals surface area (Å²) in [5.74, 6) is -2.28. The number of nitrogens with two attached hydrogens (primary N) is 1. The average Bonchev–Trinajstić information content (AvgIpc) is 3.50. The zero-order chi connectivity index (χ0) is 28.0. The second kappa shape index (κ2) is 11.8. The lowest BCUT2D eigenvalue weighted by Gasteiger charge is -2.32. The summed E-state index contributed by atoms with van der Waals surface area (Å²) >= 11 is 0. The third-order valence-electron chi connectivity index (χ3n) is 6.49. The lowest BCUT2D eigenvalue weighted by atomic mass is 9.86. The minimum absolute atomic E-state index is 0.0128. The first-order chi connectivity index (χ1) is 18.6. The zero-order valence-corrected chi connectivity index (χ0v) is 21.9. The molecule has 0 saturated carbocycles. The average molecular weight is 533 g/mol. The Kier molecular flexibility index (Phi) is 8.33. The first kappa shape index (κ1) is 27.4. The van der Waals surface area contributed by atoms with Gasteiger partial charge in [-0.1, -0.05) is 50.2 Å². The highest BCUT2D eigenvalue weighted by molar-refractivity contribution is 5.90. The van der Waals surface area contributed by atoms with Gasteiger partial charge in [0.05, 0.1) is 12.8 Å². The first-order valence-electron chi connectivity index (χ1n) is 12.6. The Hall–Kier alpha value is -4.60. The number of carbonyl (C=O) groups excluding carboxylic acids is 4. The van der Waals surface area contributed by atoms with E-state index in [1.807, 2.05) is 48.5 Å². The van der Waals surface area contributed by atoms with E-state index in [4.69, 9.17) is 15.2 Å². The molecule has 4 aromatic rings. The number of benzene rings is 2. The Bertz CT molecular complexity index is 1500. The Morgan fingerprint density at radius 3 is 1.97 bits per heavy atom. The van der Waals surface area contributed by atoms with Gasteiger partial charge in [-0.25, -0.2) is 0 Å². The van der Waals surface area contributed by atoms with Gasteiger partial charge in [-0.3, -0.25) is 19.2 Å². The van der Waals surface area contributed by atoms with E-state index in [1.165, 1.54) is 0 Å².